The van der Waals surface area contributed by atoms with Crippen LogP contribution in [0, 0.1) is 12.7 Å². The number of aryl methyl sites for hydroxylation is 1. The minimum atomic E-state index is -1.16. The average molecular weight is 288 g/mol. The number of halogens is 1. The van der Waals surface area contributed by atoms with Crippen molar-refractivity contribution < 1.29 is 19.1 Å². The highest BCUT2D eigenvalue weighted by Crippen LogP contribution is 2.17. The van der Waals surface area contributed by atoms with Crippen LogP contribution < -0.4 is 5.32 Å². The molecule has 0 saturated heterocycles. The molecule has 0 aliphatic rings. The van der Waals surface area contributed by atoms with Gasteiger partial charge in [-0.1, -0.05) is 12.1 Å². The minimum Gasteiger partial charge on any atom is -0.477 e. The molecule has 3 N–H and O–H groups in total. The first-order chi connectivity index (χ1) is 9.95. The number of hydrogen-bond acceptors (Lipinski definition) is 2. The van der Waals surface area contributed by atoms with Crippen molar-refractivity contribution in [3.05, 3.63) is 59.2 Å². The molecule has 1 aromatic heterocycles. The van der Waals surface area contributed by atoms with E-state index in [0.29, 0.717) is 11.3 Å². The lowest BCUT2D eigenvalue weighted by Gasteiger charge is -2.00. The Hall–Kier alpha value is -2.89. The van der Waals surface area contributed by atoms with Gasteiger partial charge in [-0.3, -0.25) is 4.79 Å². The maximum absolute atomic E-state index is 13.0. The number of carboxylic acids is 1. The SMILES string of the molecule is Cc1cc(NC(=O)/C=C/c2cccc(F)c2)c(C(=O)O)[nH]1. The number of anilines is 1. The summed E-state index contributed by atoms with van der Waals surface area (Å²) in [5, 5.41) is 11.5. The molecule has 0 atom stereocenters. The van der Waals surface area contributed by atoms with Gasteiger partial charge in [-0.25, -0.2) is 9.18 Å². The lowest BCUT2D eigenvalue weighted by atomic mass is 10.2. The largest absolute Gasteiger partial charge is 0.477 e. The van der Waals surface area contributed by atoms with Crippen molar-refractivity contribution in [3.63, 3.8) is 0 Å². The van der Waals surface area contributed by atoms with Crippen LogP contribution in [-0.2, 0) is 4.79 Å². The van der Waals surface area contributed by atoms with Crippen molar-refractivity contribution >= 4 is 23.6 Å². The zero-order valence-corrected chi connectivity index (χ0v) is 11.2. The van der Waals surface area contributed by atoms with Crippen LogP contribution in [0.15, 0.2) is 36.4 Å². The van der Waals surface area contributed by atoms with E-state index in [0.717, 1.165) is 0 Å². The van der Waals surface area contributed by atoms with Gasteiger partial charge in [0.25, 0.3) is 0 Å². The van der Waals surface area contributed by atoms with Crippen molar-refractivity contribution in [2.24, 2.45) is 0 Å². The second kappa shape index (κ2) is 6.04. The van der Waals surface area contributed by atoms with Gasteiger partial charge in [-0.05, 0) is 36.8 Å². The molecular weight excluding hydrogens is 275 g/mol. The van der Waals surface area contributed by atoms with E-state index in [9.17, 15) is 14.0 Å². The molecule has 2 rings (SSSR count). The molecule has 1 amide bonds. The van der Waals surface area contributed by atoms with E-state index in [1.807, 2.05) is 0 Å². The standard InChI is InChI=1S/C15H13FN2O3/c1-9-7-12(14(17-9)15(20)21)18-13(19)6-5-10-3-2-4-11(16)8-10/h2-8,17H,1H3,(H,18,19)(H,20,21)/b6-5+. The van der Waals surface area contributed by atoms with Crippen LogP contribution in [-0.4, -0.2) is 22.0 Å². The van der Waals surface area contributed by atoms with Gasteiger partial charge in [-0.15, -0.1) is 0 Å². The fourth-order valence-corrected chi connectivity index (χ4v) is 1.81. The van der Waals surface area contributed by atoms with E-state index in [2.05, 4.69) is 10.3 Å². The third kappa shape index (κ3) is 3.79. The topological polar surface area (TPSA) is 82.2 Å². The highest BCUT2D eigenvalue weighted by molar-refractivity contribution is 6.05. The first-order valence-electron chi connectivity index (χ1n) is 6.13. The van der Waals surface area contributed by atoms with Gasteiger partial charge in [0.1, 0.15) is 11.5 Å². The summed E-state index contributed by atoms with van der Waals surface area (Å²) in [6.07, 6.45) is 2.65. The molecule has 0 unspecified atom stereocenters. The number of aromatic amines is 1. The quantitative estimate of drug-likeness (QED) is 0.756. The Balaban J connectivity index is 2.10. The Morgan fingerprint density at radius 2 is 2.10 bits per heavy atom. The molecular formula is C15H13FN2O3. The molecule has 0 bridgehead atoms. The summed E-state index contributed by atoms with van der Waals surface area (Å²) >= 11 is 0. The third-order valence-corrected chi connectivity index (χ3v) is 2.70. The first kappa shape index (κ1) is 14.5. The molecule has 21 heavy (non-hydrogen) atoms. The van der Waals surface area contributed by atoms with Gasteiger partial charge in [0.05, 0.1) is 5.69 Å². The number of aromatic nitrogens is 1. The molecule has 2 aromatic rings. The monoisotopic (exact) mass is 288 g/mol. The number of benzene rings is 1. The lowest BCUT2D eigenvalue weighted by molar-refractivity contribution is -0.111. The van der Waals surface area contributed by atoms with Gasteiger partial charge in [0.15, 0.2) is 0 Å². The van der Waals surface area contributed by atoms with Crippen molar-refractivity contribution in [2.75, 3.05) is 5.32 Å². The van der Waals surface area contributed by atoms with Crippen LogP contribution in [0.2, 0.25) is 0 Å². The number of amides is 1. The zero-order valence-electron chi connectivity index (χ0n) is 11.2. The number of rotatable bonds is 4. The normalized spacial score (nSPS) is 10.8. The highest BCUT2D eigenvalue weighted by atomic mass is 19.1. The fraction of sp³-hybridized carbons (Fsp3) is 0.0667. The average Bonchev–Trinajstić information content (AvgIpc) is 2.77. The van der Waals surface area contributed by atoms with E-state index in [1.165, 1.54) is 36.4 Å². The van der Waals surface area contributed by atoms with Crippen molar-refractivity contribution in [1.82, 2.24) is 4.98 Å². The van der Waals surface area contributed by atoms with Crippen LogP contribution in [0.5, 0.6) is 0 Å². The third-order valence-electron chi connectivity index (χ3n) is 2.70. The Bertz CT molecular complexity index is 719. The second-order valence-corrected chi connectivity index (χ2v) is 4.42. The van der Waals surface area contributed by atoms with Crippen molar-refractivity contribution in [2.45, 2.75) is 6.92 Å². The summed E-state index contributed by atoms with van der Waals surface area (Å²) in [4.78, 5) is 25.4. The number of hydrogen-bond donors (Lipinski definition) is 3. The van der Waals surface area contributed by atoms with Gasteiger partial charge >= 0.3 is 5.97 Å². The molecule has 1 heterocycles. The fourth-order valence-electron chi connectivity index (χ4n) is 1.81. The number of carboxylic acid groups (broad SMARTS) is 1. The van der Waals surface area contributed by atoms with E-state index in [1.54, 1.807) is 13.0 Å². The number of nitrogens with one attached hydrogen (secondary N) is 2. The van der Waals surface area contributed by atoms with Crippen molar-refractivity contribution in [1.29, 1.82) is 0 Å². The summed E-state index contributed by atoms with van der Waals surface area (Å²) in [5.41, 5.74) is 1.26. The molecule has 6 heteroatoms. The van der Waals surface area contributed by atoms with Crippen LogP contribution in [0.25, 0.3) is 6.08 Å². The van der Waals surface area contributed by atoms with E-state index in [-0.39, 0.29) is 11.4 Å². The van der Waals surface area contributed by atoms with Crippen LogP contribution in [0.3, 0.4) is 0 Å². The number of H-pyrrole nitrogens is 1. The van der Waals surface area contributed by atoms with E-state index < -0.39 is 17.7 Å². The summed E-state index contributed by atoms with van der Waals surface area (Å²) in [5.74, 6) is -2.06. The summed E-state index contributed by atoms with van der Waals surface area (Å²) in [7, 11) is 0. The van der Waals surface area contributed by atoms with E-state index in [4.69, 9.17) is 5.11 Å². The Morgan fingerprint density at radius 3 is 2.76 bits per heavy atom. The lowest BCUT2D eigenvalue weighted by Crippen LogP contribution is -2.10. The molecule has 0 fully saturated rings. The Kier molecular flexibility index (Phi) is 4.18. The van der Waals surface area contributed by atoms with E-state index >= 15 is 0 Å². The van der Waals surface area contributed by atoms with Crippen LogP contribution >= 0.6 is 0 Å². The first-order valence-corrected chi connectivity index (χ1v) is 6.13. The smallest absolute Gasteiger partial charge is 0.354 e. The Morgan fingerprint density at radius 1 is 1.33 bits per heavy atom. The number of aromatic carboxylic acids is 1. The summed E-state index contributed by atoms with van der Waals surface area (Å²) in [6.45, 7) is 1.69. The van der Waals surface area contributed by atoms with Gasteiger partial charge in [0, 0.05) is 11.8 Å². The predicted octanol–water partition coefficient (Wildman–Crippen LogP) is 2.81. The van der Waals surface area contributed by atoms with Gasteiger partial charge in [-0.2, -0.15) is 0 Å². The van der Waals surface area contributed by atoms with Crippen LogP contribution in [0.1, 0.15) is 21.7 Å². The van der Waals surface area contributed by atoms with Gasteiger partial charge < -0.3 is 15.4 Å². The number of carbonyl (C=O) groups excluding carboxylic acids is 1. The molecule has 0 saturated carbocycles. The number of carbonyl (C=O) groups is 2. The van der Waals surface area contributed by atoms with Crippen molar-refractivity contribution in [3.8, 4) is 0 Å². The second-order valence-electron chi connectivity index (χ2n) is 4.42. The molecule has 0 aliphatic carbocycles. The Labute approximate surface area is 120 Å². The highest BCUT2D eigenvalue weighted by Gasteiger charge is 2.14. The van der Waals surface area contributed by atoms with Gasteiger partial charge in [0.2, 0.25) is 5.91 Å². The molecule has 0 aliphatic heterocycles. The summed E-state index contributed by atoms with van der Waals surface area (Å²) in [6, 6.07) is 7.30. The molecule has 0 radical (unpaired) electrons. The maximum atomic E-state index is 13.0. The minimum absolute atomic E-state index is 0.0833. The zero-order chi connectivity index (χ0) is 15.4. The molecule has 5 nitrogen and oxygen atoms in total. The molecule has 108 valence electrons. The maximum Gasteiger partial charge on any atom is 0.354 e. The molecule has 0 spiro atoms. The summed E-state index contributed by atoms with van der Waals surface area (Å²) < 4.78 is 13.0. The predicted molar refractivity (Wildman–Crippen MR) is 76.6 cm³/mol. The molecule has 1 aromatic carbocycles. The van der Waals surface area contributed by atoms with Crippen LogP contribution in [0.4, 0.5) is 10.1 Å².